The van der Waals surface area contributed by atoms with Crippen LogP contribution in [0.4, 0.5) is 0 Å². The standard InChI is InChI=1S/C22H20BrClN2O3/c1-3-26-22(19(23)13-25-26)20(27)10-4-15-5-11-21(28-2)16(12-15)14-29-18-8-6-17(24)7-9-18/h4-13H,3,14H2,1-2H3/b10-4+. The summed E-state index contributed by atoms with van der Waals surface area (Å²) in [6.45, 7) is 2.89. The lowest BCUT2D eigenvalue weighted by molar-refractivity contribution is 0.103. The summed E-state index contributed by atoms with van der Waals surface area (Å²) >= 11 is 9.29. The molecular formula is C22H20BrClN2O3. The van der Waals surface area contributed by atoms with Crippen molar-refractivity contribution in [2.75, 3.05) is 7.11 Å². The van der Waals surface area contributed by atoms with Crippen molar-refractivity contribution in [1.29, 1.82) is 0 Å². The smallest absolute Gasteiger partial charge is 0.205 e. The summed E-state index contributed by atoms with van der Waals surface area (Å²) in [5, 5.41) is 4.83. The van der Waals surface area contributed by atoms with Crippen molar-refractivity contribution in [3.8, 4) is 11.5 Å². The first-order chi connectivity index (χ1) is 14.0. The monoisotopic (exact) mass is 474 g/mol. The van der Waals surface area contributed by atoms with Crippen molar-refractivity contribution in [3.05, 3.63) is 81.1 Å². The van der Waals surface area contributed by atoms with Crippen LogP contribution in [-0.2, 0) is 13.2 Å². The van der Waals surface area contributed by atoms with Crippen molar-refractivity contribution in [2.24, 2.45) is 0 Å². The van der Waals surface area contributed by atoms with E-state index >= 15 is 0 Å². The number of allylic oxidation sites excluding steroid dienone is 1. The minimum atomic E-state index is -0.119. The Kier molecular flexibility index (Phi) is 7.12. The highest BCUT2D eigenvalue weighted by atomic mass is 79.9. The van der Waals surface area contributed by atoms with E-state index in [1.807, 2.05) is 37.3 Å². The van der Waals surface area contributed by atoms with Crippen LogP contribution < -0.4 is 9.47 Å². The number of ketones is 1. The first-order valence-corrected chi connectivity index (χ1v) is 10.2. The Hall–Kier alpha value is -2.57. The number of benzene rings is 2. The second-order valence-corrected chi connectivity index (χ2v) is 7.46. The van der Waals surface area contributed by atoms with Gasteiger partial charge in [0, 0.05) is 17.1 Å². The third kappa shape index (κ3) is 5.28. The molecule has 2 aromatic carbocycles. The number of aromatic nitrogens is 2. The van der Waals surface area contributed by atoms with Crippen molar-refractivity contribution < 1.29 is 14.3 Å². The van der Waals surface area contributed by atoms with Gasteiger partial charge >= 0.3 is 0 Å². The molecule has 0 unspecified atom stereocenters. The van der Waals surface area contributed by atoms with Crippen LogP contribution in [0.25, 0.3) is 6.08 Å². The molecule has 5 nitrogen and oxygen atoms in total. The van der Waals surface area contributed by atoms with Gasteiger partial charge in [-0.3, -0.25) is 9.48 Å². The summed E-state index contributed by atoms with van der Waals surface area (Å²) in [7, 11) is 1.61. The molecule has 1 aromatic heterocycles. The number of hydrogen-bond donors (Lipinski definition) is 0. The van der Waals surface area contributed by atoms with Gasteiger partial charge in [-0.15, -0.1) is 0 Å². The molecule has 0 atom stereocenters. The molecule has 150 valence electrons. The van der Waals surface area contributed by atoms with Gasteiger partial charge < -0.3 is 9.47 Å². The summed E-state index contributed by atoms with van der Waals surface area (Å²) in [6, 6.07) is 12.9. The third-order valence-corrected chi connectivity index (χ3v) is 5.10. The first-order valence-electron chi connectivity index (χ1n) is 9.00. The van der Waals surface area contributed by atoms with Crippen molar-refractivity contribution in [2.45, 2.75) is 20.1 Å². The van der Waals surface area contributed by atoms with Gasteiger partial charge in [0.1, 0.15) is 23.8 Å². The summed E-state index contributed by atoms with van der Waals surface area (Å²) in [5.41, 5.74) is 2.27. The maximum Gasteiger partial charge on any atom is 0.205 e. The van der Waals surface area contributed by atoms with E-state index in [4.69, 9.17) is 21.1 Å². The molecule has 0 aliphatic carbocycles. The second kappa shape index (κ2) is 9.76. The summed E-state index contributed by atoms with van der Waals surface area (Å²) < 4.78 is 13.6. The summed E-state index contributed by atoms with van der Waals surface area (Å²) in [5.74, 6) is 1.31. The van der Waals surface area contributed by atoms with E-state index in [2.05, 4.69) is 21.0 Å². The normalized spacial score (nSPS) is 11.0. The van der Waals surface area contributed by atoms with Crippen LogP contribution in [0.3, 0.4) is 0 Å². The number of aryl methyl sites for hydroxylation is 1. The van der Waals surface area contributed by atoms with Gasteiger partial charge in [-0.25, -0.2) is 0 Å². The molecule has 0 saturated heterocycles. The van der Waals surface area contributed by atoms with Crippen LogP contribution in [0.15, 0.2) is 59.2 Å². The largest absolute Gasteiger partial charge is 0.496 e. The van der Waals surface area contributed by atoms with E-state index in [1.54, 1.807) is 42.3 Å². The molecule has 29 heavy (non-hydrogen) atoms. The highest BCUT2D eigenvalue weighted by molar-refractivity contribution is 9.10. The fraction of sp³-hybridized carbons (Fsp3) is 0.182. The molecule has 0 amide bonds. The van der Waals surface area contributed by atoms with Crippen LogP contribution >= 0.6 is 27.5 Å². The first kappa shape index (κ1) is 21.1. The van der Waals surface area contributed by atoms with Gasteiger partial charge in [-0.2, -0.15) is 5.10 Å². The predicted molar refractivity (Wildman–Crippen MR) is 118 cm³/mol. The molecule has 0 saturated carbocycles. The van der Waals surface area contributed by atoms with E-state index in [9.17, 15) is 4.79 Å². The third-order valence-electron chi connectivity index (χ3n) is 4.27. The second-order valence-electron chi connectivity index (χ2n) is 6.17. The molecule has 0 spiro atoms. The van der Waals surface area contributed by atoms with Crippen molar-refractivity contribution >= 4 is 39.4 Å². The minimum absolute atomic E-state index is 0.119. The molecule has 0 bridgehead atoms. The van der Waals surface area contributed by atoms with Crippen LogP contribution in [0.5, 0.6) is 11.5 Å². The van der Waals surface area contributed by atoms with E-state index < -0.39 is 0 Å². The molecule has 0 aliphatic heterocycles. The lowest BCUT2D eigenvalue weighted by Gasteiger charge is -2.11. The Balaban J connectivity index is 1.77. The summed E-state index contributed by atoms with van der Waals surface area (Å²) in [4.78, 5) is 12.6. The highest BCUT2D eigenvalue weighted by Gasteiger charge is 2.14. The van der Waals surface area contributed by atoms with Gasteiger partial charge in [-0.05, 0) is 70.9 Å². The SMILES string of the molecule is CCn1ncc(Br)c1C(=O)/C=C/c1ccc(OC)c(COc2ccc(Cl)cc2)c1. The fourth-order valence-electron chi connectivity index (χ4n) is 2.80. The molecule has 0 N–H and O–H groups in total. The van der Waals surface area contributed by atoms with Crippen molar-refractivity contribution in [3.63, 3.8) is 0 Å². The Labute approximate surface area is 183 Å². The van der Waals surface area contributed by atoms with Crippen LogP contribution in [0, 0.1) is 0 Å². The molecule has 1 heterocycles. The number of ether oxygens (including phenoxy) is 2. The van der Waals surface area contributed by atoms with Crippen LogP contribution in [0.1, 0.15) is 28.5 Å². The minimum Gasteiger partial charge on any atom is -0.496 e. The van der Waals surface area contributed by atoms with Crippen LogP contribution in [0.2, 0.25) is 5.02 Å². The number of carbonyl (C=O) groups excluding carboxylic acids is 1. The van der Waals surface area contributed by atoms with E-state index in [-0.39, 0.29) is 5.78 Å². The number of hydrogen-bond acceptors (Lipinski definition) is 4. The molecular weight excluding hydrogens is 456 g/mol. The topological polar surface area (TPSA) is 53.4 Å². The number of rotatable bonds is 8. The zero-order chi connectivity index (χ0) is 20.8. The van der Waals surface area contributed by atoms with Crippen LogP contribution in [-0.4, -0.2) is 22.7 Å². The molecule has 0 fully saturated rings. The quantitative estimate of drug-likeness (QED) is 0.305. The number of nitrogens with zero attached hydrogens (tertiary/aromatic N) is 2. The molecule has 0 radical (unpaired) electrons. The van der Waals surface area contributed by atoms with Gasteiger partial charge in [-0.1, -0.05) is 23.7 Å². The molecule has 3 rings (SSSR count). The predicted octanol–water partition coefficient (Wildman–Crippen LogP) is 5.80. The highest BCUT2D eigenvalue weighted by Crippen LogP contribution is 2.24. The van der Waals surface area contributed by atoms with Crippen molar-refractivity contribution in [1.82, 2.24) is 9.78 Å². The zero-order valence-corrected chi connectivity index (χ0v) is 18.4. The Bertz CT molecular complexity index is 1030. The Morgan fingerprint density at radius 3 is 2.69 bits per heavy atom. The lowest BCUT2D eigenvalue weighted by atomic mass is 10.1. The average Bonchev–Trinajstić information content (AvgIpc) is 3.12. The van der Waals surface area contributed by atoms with Gasteiger partial charge in [0.15, 0.2) is 0 Å². The zero-order valence-electron chi connectivity index (χ0n) is 16.1. The lowest BCUT2D eigenvalue weighted by Crippen LogP contribution is -2.07. The maximum absolute atomic E-state index is 12.6. The molecule has 0 aliphatic rings. The Morgan fingerprint density at radius 1 is 1.24 bits per heavy atom. The molecule has 3 aromatic rings. The number of carbonyl (C=O) groups is 1. The van der Waals surface area contributed by atoms with E-state index in [1.165, 1.54) is 0 Å². The maximum atomic E-state index is 12.6. The summed E-state index contributed by atoms with van der Waals surface area (Å²) in [6.07, 6.45) is 4.94. The van der Waals surface area contributed by atoms with Gasteiger partial charge in [0.2, 0.25) is 5.78 Å². The van der Waals surface area contributed by atoms with Gasteiger partial charge in [0.05, 0.1) is 17.8 Å². The van der Waals surface area contributed by atoms with E-state index in [0.717, 1.165) is 11.1 Å². The average molecular weight is 476 g/mol. The molecule has 7 heteroatoms. The van der Waals surface area contributed by atoms with E-state index in [0.29, 0.717) is 39.8 Å². The fourth-order valence-corrected chi connectivity index (χ4v) is 3.42. The van der Waals surface area contributed by atoms with Gasteiger partial charge in [0.25, 0.3) is 0 Å². The Morgan fingerprint density at radius 2 is 2.00 bits per heavy atom. The number of methoxy groups -OCH3 is 1. The number of halogens is 2.